The van der Waals surface area contributed by atoms with Gasteiger partial charge in [0.15, 0.2) is 0 Å². The molecule has 110 valence electrons. The van der Waals surface area contributed by atoms with Crippen LogP contribution in [-0.2, 0) is 6.42 Å². The lowest BCUT2D eigenvalue weighted by molar-refractivity contribution is 0.252. The number of benzene rings is 2. The van der Waals surface area contributed by atoms with E-state index in [1.807, 2.05) is 32.0 Å². The van der Waals surface area contributed by atoms with Gasteiger partial charge < -0.3 is 10.6 Å². The Balaban J connectivity index is 1.82. The monoisotopic (exact) mass is 282 g/mol. The van der Waals surface area contributed by atoms with E-state index >= 15 is 0 Å². The Kier molecular flexibility index (Phi) is 4.99. The lowest BCUT2D eigenvalue weighted by Crippen LogP contribution is -2.30. The molecule has 2 amide bonds. The minimum absolute atomic E-state index is 0.157. The number of hydrogen-bond donors (Lipinski definition) is 2. The van der Waals surface area contributed by atoms with E-state index in [4.69, 9.17) is 0 Å². The molecule has 0 aliphatic rings. The number of anilines is 1. The zero-order chi connectivity index (χ0) is 15.2. The number of carbonyl (C=O) groups is 1. The summed E-state index contributed by atoms with van der Waals surface area (Å²) in [6.07, 6.45) is 0.834. The van der Waals surface area contributed by atoms with Gasteiger partial charge in [-0.3, -0.25) is 0 Å². The first-order valence-corrected chi connectivity index (χ1v) is 7.22. The predicted octanol–water partition coefficient (Wildman–Crippen LogP) is 3.98. The van der Waals surface area contributed by atoms with Crippen LogP contribution >= 0.6 is 0 Å². The van der Waals surface area contributed by atoms with Crippen LogP contribution < -0.4 is 10.6 Å². The van der Waals surface area contributed by atoms with Gasteiger partial charge in [-0.1, -0.05) is 42.0 Å². The Morgan fingerprint density at radius 1 is 0.952 bits per heavy atom. The van der Waals surface area contributed by atoms with Gasteiger partial charge in [0.2, 0.25) is 0 Å². The minimum Gasteiger partial charge on any atom is -0.338 e. The summed E-state index contributed by atoms with van der Waals surface area (Å²) in [5.74, 6) is 0. The molecule has 0 saturated carbocycles. The van der Waals surface area contributed by atoms with Crippen LogP contribution in [0, 0.1) is 20.8 Å². The van der Waals surface area contributed by atoms with Crippen molar-refractivity contribution in [2.24, 2.45) is 0 Å². The average molecular weight is 282 g/mol. The maximum absolute atomic E-state index is 11.9. The molecule has 0 bridgehead atoms. The smallest absolute Gasteiger partial charge is 0.319 e. The molecular formula is C18H22N2O. The van der Waals surface area contributed by atoms with Crippen molar-refractivity contribution in [1.29, 1.82) is 0 Å². The molecule has 2 rings (SSSR count). The van der Waals surface area contributed by atoms with E-state index < -0.39 is 0 Å². The standard InChI is InChI=1S/C18H22N2O/c1-13-5-8-16(9-6-13)10-11-19-18(21)20-17-12-14(2)4-7-15(17)3/h4-9,12H,10-11H2,1-3H3,(H2,19,20,21). The van der Waals surface area contributed by atoms with Crippen molar-refractivity contribution in [2.75, 3.05) is 11.9 Å². The Bertz CT molecular complexity index is 618. The normalized spacial score (nSPS) is 10.2. The Morgan fingerprint density at radius 3 is 2.33 bits per heavy atom. The molecule has 0 unspecified atom stereocenters. The molecule has 0 spiro atoms. The Morgan fingerprint density at radius 2 is 1.62 bits per heavy atom. The fourth-order valence-corrected chi connectivity index (χ4v) is 2.11. The summed E-state index contributed by atoms with van der Waals surface area (Å²) in [5, 5.41) is 5.79. The molecule has 2 aromatic carbocycles. The van der Waals surface area contributed by atoms with Crippen LogP contribution in [-0.4, -0.2) is 12.6 Å². The van der Waals surface area contributed by atoms with Crippen molar-refractivity contribution in [2.45, 2.75) is 27.2 Å². The Labute approximate surface area is 126 Å². The number of aryl methyl sites for hydroxylation is 3. The molecule has 3 heteroatoms. The SMILES string of the molecule is Cc1ccc(CCNC(=O)Nc2cc(C)ccc2C)cc1. The van der Waals surface area contributed by atoms with E-state index in [9.17, 15) is 4.79 Å². The second kappa shape index (κ2) is 6.93. The molecule has 2 aromatic rings. The van der Waals surface area contributed by atoms with Gasteiger partial charge in [-0.15, -0.1) is 0 Å². The molecule has 0 atom stereocenters. The van der Waals surface area contributed by atoms with E-state index in [1.165, 1.54) is 11.1 Å². The molecule has 0 heterocycles. The molecular weight excluding hydrogens is 260 g/mol. The number of amides is 2. The lowest BCUT2D eigenvalue weighted by Gasteiger charge is -2.10. The second-order valence-electron chi connectivity index (χ2n) is 5.43. The molecule has 21 heavy (non-hydrogen) atoms. The molecule has 0 fully saturated rings. The largest absolute Gasteiger partial charge is 0.338 e. The van der Waals surface area contributed by atoms with Gasteiger partial charge in [-0.25, -0.2) is 4.79 Å². The summed E-state index contributed by atoms with van der Waals surface area (Å²) in [4.78, 5) is 11.9. The fraction of sp³-hybridized carbons (Fsp3) is 0.278. The molecule has 3 nitrogen and oxygen atoms in total. The molecule has 2 N–H and O–H groups in total. The molecule has 0 saturated heterocycles. The van der Waals surface area contributed by atoms with Crippen molar-refractivity contribution in [3.05, 3.63) is 64.7 Å². The highest BCUT2D eigenvalue weighted by atomic mass is 16.2. The van der Waals surface area contributed by atoms with Crippen LogP contribution in [0.2, 0.25) is 0 Å². The number of urea groups is 1. The van der Waals surface area contributed by atoms with Crippen molar-refractivity contribution in [3.8, 4) is 0 Å². The van der Waals surface area contributed by atoms with Crippen LogP contribution in [0.3, 0.4) is 0 Å². The summed E-state index contributed by atoms with van der Waals surface area (Å²) < 4.78 is 0. The first-order chi connectivity index (χ1) is 10.0. The lowest BCUT2D eigenvalue weighted by atomic mass is 10.1. The molecule has 0 aliphatic heterocycles. The summed E-state index contributed by atoms with van der Waals surface area (Å²) in [7, 11) is 0. The van der Waals surface area contributed by atoms with Gasteiger partial charge in [-0.2, -0.15) is 0 Å². The van der Waals surface area contributed by atoms with Gasteiger partial charge in [-0.05, 0) is 49.9 Å². The maximum atomic E-state index is 11.9. The molecule has 0 aliphatic carbocycles. The first-order valence-electron chi connectivity index (χ1n) is 7.22. The zero-order valence-electron chi connectivity index (χ0n) is 12.9. The maximum Gasteiger partial charge on any atom is 0.319 e. The van der Waals surface area contributed by atoms with Crippen LogP contribution in [0.15, 0.2) is 42.5 Å². The van der Waals surface area contributed by atoms with Crippen LogP contribution in [0.5, 0.6) is 0 Å². The van der Waals surface area contributed by atoms with E-state index in [1.54, 1.807) is 0 Å². The van der Waals surface area contributed by atoms with Crippen molar-refractivity contribution >= 4 is 11.7 Å². The Hall–Kier alpha value is -2.29. The highest BCUT2D eigenvalue weighted by Crippen LogP contribution is 2.15. The highest BCUT2D eigenvalue weighted by molar-refractivity contribution is 5.90. The number of nitrogens with one attached hydrogen (secondary N) is 2. The number of hydrogen-bond acceptors (Lipinski definition) is 1. The van der Waals surface area contributed by atoms with Gasteiger partial charge in [0.05, 0.1) is 0 Å². The van der Waals surface area contributed by atoms with E-state index in [0.717, 1.165) is 23.2 Å². The van der Waals surface area contributed by atoms with Gasteiger partial charge in [0, 0.05) is 12.2 Å². The fourth-order valence-electron chi connectivity index (χ4n) is 2.11. The second-order valence-corrected chi connectivity index (χ2v) is 5.43. The van der Waals surface area contributed by atoms with Crippen molar-refractivity contribution < 1.29 is 4.79 Å². The third-order valence-electron chi connectivity index (χ3n) is 3.46. The topological polar surface area (TPSA) is 41.1 Å². The third kappa shape index (κ3) is 4.63. The van der Waals surface area contributed by atoms with Crippen LogP contribution in [0.4, 0.5) is 10.5 Å². The predicted molar refractivity (Wildman–Crippen MR) is 87.8 cm³/mol. The molecule has 0 aromatic heterocycles. The van der Waals surface area contributed by atoms with Crippen molar-refractivity contribution in [1.82, 2.24) is 5.32 Å². The summed E-state index contributed by atoms with van der Waals surface area (Å²) in [6, 6.07) is 14.2. The number of carbonyl (C=O) groups excluding carboxylic acids is 1. The van der Waals surface area contributed by atoms with Crippen LogP contribution in [0.25, 0.3) is 0 Å². The van der Waals surface area contributed by atoms with Gasteiger partial charge in [0.25, 0.3) is 0 Å². The zero-order valence-corrected chi connectivity index (χ0v) is 12.9. The van der Waals surface area contributed by atoms with Gasteiger partial charge >= 0.3 is 6.03 Å². The minimum atomic E-state index is -0.157. The quantitative estimate of drug-likeness (QED) is 0.875. The van der Waals surface area contributed by atoms with E-state index in [2.05, 4.69) is 41.8 Å². The third-order valence-corrected chi connectivity index (χ3v) is 3.46. The molecule has 0 radical (unpaired) electrons. The highest BCUT2D eigenvalue weighted by Gasteiger charge is 2.04. The summed E-state index contributed by atoms with van der Waals surface area (Å²) in [5.41, 5.74) is 5.54. The first kappa shape index (κ1) is 15.1. The van der Waals surface area contributed by atoms with Crippen LogP contribution in [0.1, 0.15) is 22.3 Å². The van der Waals surface area contributed by atoms with E-state index in [0.29, 0.717) is 6.54 Å². The number of rotatable bonds is 4. The average Bonchev–Trinajstić information content (AvgIpc) is 2.45. The summed E-state index contributed by atoms with van der Waals surface area (Å²) in [6.45, 7) is 6.70. The van der Waals surface area contributed by atoms with E-state index in [-0.39, 0.29) is 6.03 Å². The van der Waals surface area contributed by atoms with Crippen molar-refractivity contribution in [3.63, 3.8) is 0 Å². The summed E-state index contributed by atoms with van der Waals surface area (Å²) >= 11 is 0. The van der Waals surface area contributed by atoms with Gasteiger partial charge in [0.1, 0.15) is 0 Å².